The number of rotatable bonds is 5. The lowest BCUT2D eigenvalue weighted by molar-refractivity contribution is 0.240. The largest absolute Gasteiger partial charge is 0.334 e. The molecule has 26 heavy (non-hydrogen) atoms. The van der Waals surface area contributed by atoms with Gasteiger partial charge in [-0.1, -0.05) is 12.1 Å². The summed E-state index contributed by atoms with van der Waals surface area (Å²) in [5, 5.41) is 5.38. The fourth-order valence-corrected chi connectivity index (χ4v) is 2.29. The maximum absolute atomic E-state index is 13.0. The predicted molar refractivity (Wildman–Crippen MR) is 92.9 cm³/mol. The van der Waals surface area contributed by atoms with Crippen molar-refractivity contribution in [2.24, 2.45) is 0 Å². The van der Waals surface area contributed by atoms with E-state index in [0.29, 0.717) is 11.4 Å². The van der Waals surface area contributed by atoms with Crippen LogP contribution in [0.4, 0.5) is 13.6 Å². The molecule has 1 aromatic heterocycles. The second-order valence-electron chi connectivity index (χ2n) is 5.56. The summed E-state index contributed by atoms with van der Waals surface area (Å²) >= 11 is 0. The topological polar surface area (TPSA) is 66.9 Å². The third-order valence-electron chi connectivity index (χ3n) is 3.66. The highest BCUT2D eigenvalue weighted by molar-refractivity contribution is 5.73. The van der Waals surface area contributed by atoms with Gasteiger partial charge in [-0.15, -0.1) is 0 Å². The minimum absolute atomic E-state index is 0.214. The molecule has 2 aromatic carbocycles. The van der Waals surface area contributed by atoms with Gasteiger partial charge in [0.1, 0.15) is 18.0 Å². The highest BCUT2D eigenvalue weighted by atomic mass is 19.1. The molecule has 7 heteroatoms. The Hall–Kier alpha value is -3.35. The van der Waals surface area contributed by atoms with Crippen LogP contribution in [0.1, 0.15) is 11.3 Å². The summed E-state index contributed by atoms with van der Waals surface area (Å²) < 4.78 is 25.8. The SMILES string of the molecule is O=C(NCc1ccc(F)cc1)NCc1cc(-c2ccc(F)cc2)ncn1. The molecule has 132 valence electrons. The highest BCUT2D eigenvalue weighted by Crippen LogP contribution is 2.17. The van der Waals surface area contributed by atoms with Crippen molar-refractivity contribution in [3.05, 3.63) is 83.8 Å². The number of halogens is 2. The zero-order valence-corrected chi connectivity index (χ0v) is 13.7. The maximum Gasteiger partial charge on any atom is 0.315 e. The molecule has 0 saturated carbocycles. The number of hydrogen-bond acceptors (Lipinski definition) is 3. The number of aromatic nitrogens is 2. The van der Waals surface area contributed by atoms with Crippen molar-refractivity contribution in [1.82, 2.24) is 20.6 Å². The molecule has 3 rings (SSSR count). The predicted octanol–water partition coefficient (Wildman–Crippen LogP) is 3.42. The van der Waals surface area contributed by atoms with E-state index in [1.54, 1.807) is 30.3 Å². The van der Waals surface area contributed by atoms with E-state index in [2.05, 4.69) is 20.6 Å². The van der Waals surface area contributed by atoms with Gasteiger partial charge in [0.15, 0.2) is 0 Å². The summed E-state index contributed by atoms with van der Waals surface area (Å²) in [5.41, 5.74) is 2.82. The third kappa shape index (κ3) is 4.83. The summed E-state index contributed by atoms with van der Waals surface area (Å²) in [7, 11) is 0. The van der Waals surface area contributed by atoms with Crippen molar-refractivity contribution < 1.29 is 13.6 Å². The van der Waals surface area contributed by atoms with Gasteiger partial charge in [-0.3, -0.25) is 0 Å². The molecule has 0 unspecified atom stereocenters. The molecule has 1 heterocycles. The molecule has 0 radical (unpaired) electrons. The van der Waals surface area contributed by atoms with Gasteiger partial charge >= 0.3 is 6.03 Å². The number of nitrogens with zero attached hydrogens (tertiary/aromatic N) is 2. The molecule has 0 atom stereocenters. The normalized spacial score (nSPS) is 10.4. The van der Waals surface area contributed by atoms with Crippen LogP contribution in [0.15, 0.2) is 60.9 Å². The lowest BCUT2D eigenvalue weighted by atomic mass is 10.1. The van der Waals surface area contributed by atoms with Crippen molar-refractivity contribution in [2.45, 2.75) is 13.1 Å². The quantitative estimate of drug-likeness (QED) is 0.738. The monoisotopic (exact) mass is 354 g/mol. The number of carbonyl (C=O) groups excluding carboxylic acids is 1. The molecule has 0 spiro atoms. The molecule has 0 aliphatic heterocycles. The lowest BCUT2D eigenvalue weighted by Gasteiger charge is -2.08. The van der Waals surface area contributed by atoms with Gasteiger partial charge < -0.3 is 10.6 Å². The molecular weight excluding hydrogens is 338 g/mol. The first kappa shape index (κ1) is 17.5. The van der Waals surface area contributed by atoms with E-state index < -0.39 is 0 Å². The Balaban J connectivity index is 1.54. The first-order valence-electron chi connectivity index (χ1n) is 7.93. The second kappa shape index (κ2) is 8.15. The number of hydrogen-bond donors (Lipinski definition) is 2. The third-order valence-corrected chi connectivity index (χ3v) is 3.66. The summed E-state index contributed by atoms with van der Waals surface area (Å²) in [4.78, 5) is 20.1. The van der Waals surface area contributed by atoms with E-state index in [1.165, 1.54) is 30.6 Å². The maximum atomic E-state index is 13.0. The summed E-state index contributed by atoms with van der Waals surface area (Å²) in [6, 6.07) is 13.2. The average Bonchev–Trinajstić information content (AvgIpc) is 2.67. The molecule has 5 nitrogen and oxygen atoms in total. The Bertz CT molecular complexity index is 883. The van der Waals surface area contributed by atoms with Gasteiger partial charge in [0.05, 0.1) is 17.9 Å². The van der Waals surface area contributed by atoms with Crippen LogP contribution < -0.4 is 10.6 Å². The van der Waals surface area contributed by atoms with Crippen LogP contribution in [-0.2, 0) is 13.1 Å². The molecule has 0 fully saturated rings. The minimum atomic E-state index is -0.365. The van der Waals surface area contributed by atoms with E-state index in [0.717, 1.165) is 11.1 Å². The Morgan fingerprint density at radius 1 is 0.846 bits per heavy atom. The van der Waals surface area contributed by atoms with Crippen molar-refractivity contribution in [2.75, 3.05) is 0 Å². The fourth-order valence-electron chi connectivity index (χ4n) is 2.29. The molecule has 0 aliphatic rings. The van der Waals surface area contributed by atoms with Crippen LogP contribution in [-0.4, -0.2) is 16.0 Å². The first-order chi connectivity index (χ1) is 12.6. The molecule has 3 aromatic rings. The van der Waals surface area contributed by atoms with E-state index in [1.807, 2.05) is 0 Å². The summed E-state index contributed by atoms with van der Waals surface area (Å²) in [5.74, 6) is -0.638. The first-order valence-corrected chi connectivity index (χ1v) is 7.93. The highest BCUT2D eigenvalue weighted by Gasteiger charge is 2.05. The Morgan fingerprint density at radius 2 is 1.46 bits per heavy atom. The second-order valence-corrected chi connectivity index (χ2v) is 5.56. The number of carbonyl (C=O) groups is 1. The molecule has 2 amide bonds. The smallest absolute Gasteiger partial charge is 0.315 e. The van der Waals surface area contributed by atoms with E-state index in [4.69, 9.17) is 0 Å². The number of benzene rings is 2. The van der Waals surface area contributed by atoms with Crippen molar-refractivity contribution in [1.29, 1.82) is 0 Å². The van der Waals surface area contributed by atoms with Crippen molar-refractivity contribution in [3.63, 3.8) is 0 Å². The van der Waals surface area contributed by atoms with Crippen molar-refractivity contribution in [3.8, 4) is 11.3 Å². The van der Waals surface area contributed by atoms with Crippen LogP contribution in [0, 0.1) is 11.6 Å². The summed E-state index contributed by atoms with van der Waals surface area (Å²) in [6.45, 7) is 0.503. The van der Waals surface area contributed by atoms with Gasteiger partial charge in [-0.05, 0) is 48.0 Å². The Morgan fingerprint density at radius 3 is 2.15 bits per heavy atom. The van der Waals surface area contributed by atoms with E-state index in [-0.39, 0.29) is 30.8 Å². The van der Waals surface area contributed by atoms with Crippen molar-refractivity contribution >= 4 is 6.03 Å². The average molecular weight is 354 g/mol. The molecule has 0 aliphatic carbocycles. The zero-order chi connectivity index (χ0) is 18.4. The minimum Gasteiger partial charge on any atom is -0.334 e. The molecule has 0 bridgehead atoms. The summed E-state index contributed by atoms with van der Waals surface area (Å²) in [6.07, 6.45) is 1.39. The van der Waals surface area contributed by atoms with Gasteiger partial charge in [-0.25, -0.2) is 23.5 Å². The van der Waals surface area contributed by atoms with Crippen LogP contribution in [0.3, 0.4) is 0 Å². The molecule has 2 N–H and O–H groups in total. The Kier molecular flexibility index (Phi) is 5.48. The van der Waals surface area contributed by atoms with Crippen LogP contribution in [0.5, 0.6) is 0 Å². The van der Waals surface area contributed by atoms with Gasteiger partial charge in [0.25, 0.3) is 0 Å². The molecule has 0 saturated heterocycles. The number of nitrogens with one attached hydrogen (secondary N) is 2. The van der Waals surface area contributed by atoms with Gasteiger partial charge in [-0.2, -0.15) is 0 Å². The number of urea groups is 1. The van der Waals surface area contributed by atoms with Crippen LogP contribution in [0.2, 0.25) is 0 Å². The molecular formula is C19H16F2N4O. The van der Waals surface area contributed by atoms with Crippen LogP contribution in [0.25, 0.3) is 11.3 Å². The zero-order valence-electron chi connectivity index (χ0n) is 13.7. The standard InChI is InChI=1S/C19H16F2N4O/c20-15-5-1-13(2-6-15)10-22-19(26)23-11-17-9-18(25-12-24-17)14-3-7-16(21)8-4-14/h1-9,12H,10-11H2,(H2,22,23,26). The Labute approximate surface area is 149 Å². The van der Waals surface area contributed by atoms with Gasteiger partial charge in [0.2, 0.25) is 0 Å². The van der Waals surface area contributed by atoms with E-state index in [9.17, 15) is 13.6 Å². The van der Waals surface area contributed by atoms with Gasteiger partial charge in [0, 0.05) is 12.1 Å². The van der Waals surface area contributed by atoms with Crippen LogP contribution >= 0.6 is 0 Å². The van der Waals surface area contributed by atoms with E-state index >= 15 is 0 Å². The number of amides is 2. The lowest BCUT2D eigenvalue weighted by Crippen LogP contribution is -2.34. The fraction of sp³-hybridized carbons (Fsp3) is 0.105.